The summed E-state index contributed by atoms with van der Waals surface area (Å²) in [5.41, 5.74) is 2.71. The van der Waals surface area contributed by atoms with Gasteiger partial charge in [-0.1, -0.05) is 17.3 Å². The SMILES string of the molecule is O=C(O)COc1ccc(SCc2cc(-c3ccc(C(F)(F)F)cc3)on2)c2c1CCC2. The van der Waals surface area contributed by atoms with Crippen molar-refractivity contribution in [2.24, 2.45) is 0 Å². The standard InChI is InChI=1S/C22H18F3NO4S/c23-22(24,25)14-6-4-13(5-7-14)19-10-15(26-30-19)12-31-20-9-8-18(29-11-21(27)28)16-2-1-3-17(16)20/h4-10H,1-3,11-12H2,(H,27,28). The van der Waals surface area contributed by atoms with E-state index in [4.69, 9.17) is 14.4 Å². The maximum atomic E-state index is 12.7. The summed E-state index contributed by atoms with van der Waals surface area (Å²) in [5.74, 6) is 0.545. The number of halogens is 3. The Kier molecular flexibility index (Phi) is 5.95. The van der Waals surface area contributed by atoms with Gasteiger partial charge >= 0.3 is 12.1 Å². The third kappa shape index (κ3) is 4.87. The summed E-state index contributed by atoms with van der Waals surface area (Å²) in [4.78, 5) is 11.8. The molecule has 9 heteroatoms. The van der Waals surface area contributed by atoms with Crippen molar-refractivity contribution in [3.8, 4) is 17.1 Å². The van der Waals surface area contributed by atoms with Gasteiger partial charge in [0.05, 0.1) is 11.3 Å². The molecule has 3 aromatic rings. The van der Waals surface area contributed by atoms with Crippen molar-refractivity contribution >= 4 is 17.7 Å². The lowest BCUT2D eigenvalue weighted by atomic mass is 10.1. The number of thioether (sulfide) groups is 1. The number of rotatable bonds is 7. The molecule has 1 heterocycles. The molecule has 5 nitrogen and oxygen atoms in total. The number of fused-ring (bicyclic) bond motifs is 1. The molecule has 0 radical (unpaired) electrons. The molecule has 1 aliphatic carbocycles. The number of aromatic nitrogens is 1. The number of ether oxygens (including phenoxy) is 1. The van der Waals surface area contributed by atoms with Gasteiger partial charge in [0.25, 0.3) is 0 Å². The first kappa shape index (κ1) is 21.3. The highest BCUT2D eigenvalue weighted by molar-refractivity contribution is 7.98. The van der Waals surface area contributed by atoms with E-state index in [1.165, 1.54) is 17.7 Å². The summed E-state index contributed by atoms with van der Waals surface area (Å²) in [6.07, 6.45) is -1.65. The van der Waals surface area contributed by atoms with Crippen LogP contribution in [0.4, 0.5) is 13.2 Å². The van der Waals surface area contributed by atoms with Crippen LogP contribution >= 0.6 is 11.8 Å². The normalized spacial score (nSPS) is 13.3. The maximum absolute atomic E-state index is 12.7. The molecule has 0 bridgehead atoms. The maximum Gasteiger partial charge on any atom is 0.416 e. The average molecular weight is 449 g/mol. The number of benzene rings is 2. The number of carbonyl (C=O) groups is 1. The van der Waals surface area contributed by atoms with Crippen LogP contribution in [-0.2, 0) is 29.6 Å². The van der Waals surface area contributed by atoms with Crippen LogP contribution in [0, 0.1) is 0 Å². The third-order valence-electron chi connectivity index (χ3n) is 4.98. The molecule has 4 rings (SSSR count). The largest absolute Gasteiger partial charge is 0.482 e. The van der Waals surface area contributed by atoms with Crippen molar-refractivity contribution in [3.05, 3.63) is 64.8 Å². The van der Waals surface area contributed by atoms with Gasteiger partial charge in [-0.15, -0.1) is 11.8 Å². The van der Waals surface area contributed by atoms with Crippen LogP contribution in [0.2, 0.25) is 0 Å². The topological polar surface area (TPSA) is 72.6 Å². The molecule has 0 unspecified atom stereocenters. The van der Waals surface area contributed by atoms with E-state index in [-0.39, 0.29) is 6.61 Å². The van der Waals surface area contributed by atoms with E-state index in [9.17, 15) is 18.0 Å². The van der Waals surface area contributed by atoms with Crippen LogP contribution in [0.3, 0.4) is 0 Å². The predicted molar refractivity (Wildman–Crippen MR) is 108 cm³/mol. The fourth-order valence-corrected chi connectivity index (χ4v) is 4.54. The van der Waals surface area contributed by atoms with E-state index in [0.717, 1.165) is 41.9 Å². The minimum atomic E-state index is -4.38. The number of aliphatic carboxylic acids is 1. The van der Waals surface area contributed by atoms with Crippen LogP contribution in [-0.4, -0.2) is 22.8 Å². The van der Waals surface area contributed by atoms with Crippen molar-refractivity contribution in [1.29, 1.82) is 0 Å². The van der Waals surface area contributed by atoms with E-state index >= 15 is 0 Å². The van der Waals surface area contributed by atoms with Crippen molar-refractivity contribution in [2.75, 3.05) is 6.61 Å². The second kappa shape index (κ2) is 8.66. The zero-order chi connectivity index (χ0) is 22.0. The Morgan fingerprint density at radius 3 is 2.58 bits per heavy atom. The second-order valence-electron chi connectivity index (χ2n) is 7.10. The van der Waals surface area contributed by atoms with Gasteiger partial charge in [0, 0.05) is 22.3 Å². The summed E-state index contributed by atoms with van der Waals surface area (Å²) >= 11 is 1.58. The molecular formula is C22H18F3NO4S. The molecule has 0 fully saturated rings. The average Bonchev–Trinajstić information content (AvgIpc) is 3.40. The summed E-state index contributed by atoms with van der Waals surface area (Å²) in [7, 11) is 0. The highest BCUT2D eigenvalue weighted by Gasteiger charge is 2.30. The lowest BCUT2D eigenvalue weighted by Crippen LogP contribution is -2.10. The van der Waals surface area contributed by atoms with Gasteiger partial charge in [0.15, 0.2) is 12.4 Å². The zero-order valence-corrected chi connectivity index (χ0v) is 17.1. The third-order valence-corrected chi connectivity index (χ3v) is 6.11. The monoisotopic (exact) mass is 449 g/mol. The minimum absolute atomic E-state index is 0.370. The van der Waals surface area contributed by atoms with E-state index in [1.807, 2.05) is 6.07 Å². The molecule has 162 valence electrons. The first-order chi connectivity index (χ1) is 14.8. The molecule has 1 N–H and O–H groups in total. The van der Waals surface area contributed by atoms with E-state index in [0.29, 0.717) is 28.5 Å². The highest BCUT2D eigenvalue weighted by Crippen LogP contribution is 2.39. The molecule has 0 atom stereocenters. The fourth-order valence-electron chi connectivity index (χ4n) is 3.54. The van der Waals surface area contributed by atoms with Crippen molar-refractivity contribution < 1.29 is 32.3 Å². The molecule has 1 aromatic heterocycles. The quantitative estimate of drug-likeness (QED) is 0.473. The number of hydrogen-bond acceptors (Lipinski definition) is 5. The summed E-state index contributed by atoms with van der Waals surface area (Å²) in [6, 6.07) is 10.2. The highest BCUT2D eigenvalue weighted by atomic mass is 32.2. The molecule has 1 aliphatic rings. The number of hydrogen-bond donors (Lipinski definition) is 1. The molecule has 2 aromatic carbocycles. The van der Waals surface area contributed by atoms with Crippen molar-refractivity contribution in [1.82, 2.24) is 5.16 Å². The predicted octanol–water partition coefficient (Wildman–Crippen LogP) is 5.60. The Labute approximate surface area is 180 Å². The number of nitrogens with zero attached hydrogens (tertiary/aromatic N) is 1. The molecule has 0 amide bonds. The second-order valence-corrected chi connectivity index (χ2v) is 8.12. The molecule has 0 aliphatic heterocycles. The minimum Gasteiger partial charge on any atom is -0.482 e. The van der Waals surface area contributed by atoms with Crippen molar-refractivity contribution in [3.63, 3.8) is 0 Å². The van der Waals surface area contributed by atoms with Crippen LogP contribution < -0.4 is 4.74 Å². The van der Waals surface area contributed by atoms with E-state index in [1.54, 1.807) is 23.9 Å². The van der Waals surface area contributed by atoms with E-state index in [2.05, 4.69) is 5.16 Å². The first-order valence-corrected chi connectivity index (χ1v) is 10.5. The van der Waals surface area contributed by atoms with Gasteiger partial charge in [-0.05, 0) is 54.7 Å². The summed E-state index contributed by atoms with van der Waals surface area (Å²) in [6.45, 7) is -0.370. The number of carboxylic acid groups (broad SMARTS) is 1. The van der Waals surface area contributed by atoms with Gasteiger partial charge in [-0.25, -0.2) is 4.79 Å². The van der Waals surface area contributed by atoms with Gasteiger partial charge in [0.2, 0.25) is 0 Å². The Morgan fingerprint density at radius 2 is 1.87 bits per heavy atom. The van der Waals surface area contributed by atoms with E-state index < -0.39 is 17.7 Å². The summed E-state index contributed by atoms with van der Waals surface area (Å²) in [5, 5.41) is 12.9. The molecule has 31 heavy (non-hydrogen) atoms. The summed E-state index contributed by atoms with van der Waals surface area (Å²) < 4.78 is 48.9. The van der Waals surface area contributed by atoms with Gasteiger partial charge in [-0.3, -0.25) is 0 Å². The Morgan fingerprint density at radius 1 is 1.13 bits per heavy atom. The van der Waals surface area contributed by atoms with Crippen molar-refractivity contribution in [2.45, 2.75) is 36.1 Å². The fraction of sp³-hybridized carbons (Fsp3) is 0.273. The zero-order valence-electron chi connectivity index (χ0n) is 16.2. The van der Waals surface area contributed by atoms with Crippen LogP contribution in [0.5, 0.6) is 5.75 Å². The Bertz CT molecular complexity index is 1090. The lowest BCUT2D eigenvalue weighted by Gasteiger charge is -2.12. The molecular weight excluding hydrogens is 431 g/mol. The smallest absolute Gasteiger partial charge is 0.416 e. The Balaban J connectivity index is 1.44. The van der Waals surface area contributed by atoms with Gasteiger partial charge < -0.3 is 14.4 Å². The number of carboxylic acids is 1. The first-order valence-electron chi connectivity index (χ1n) is 9.56. The molecule has 0 saturated heterocycles. The van der Waals surface area contributed by atoms with Crippen LogP contribution in [0.1, 0.15) is 28.8 Å². The molecule has 0 saturated carbocycles. The van der Waals surface area contributed by atoms with Crippen LogP contribution in [0.25, 0.3) is 11.3 Å². The molecule has 0 spiro atoms. The van der Waals surface area contributed by atoms with Gasteiger partial charge in [0.1, 0.15) is 5.75 Å². The lowest BCUT2D eigenvalue weighted by molar-refractivity contribution is -0.139. The van der Waals surface area contributed by atoms with Crippen LogP contribution in [0.15, 0.2) is 51.9 Å². The van der Waals surface area contributed by atoms with Gasteiger partial charge in [-0.2, -0.15) is 13.2 Å². The number of alkyl halides is 3. The Hall–Kier alpha value is -2.94.